The molecule has 0 spiro atoms. The number of carbonyl (C=O) groups excluding carboxylic acids is 1. The molecule has 22 heavy (non-hydrogen) atoms. The van der Waals surface area contributed by atoms with Crippen molar-refractivity contribution < 1.29 is 9.53 Å². The van der Waals surface area contributed by atoms with Crippen molar-refractivity contribution in [2.24, 2.45) is 0 Å². The van der Waals surface area contributed by atoms with E-state index in [1.54, 1.807) is 18.2 Å². The molecular formula is C17H17Cl2NO2. The Morgan fingerprint density at radius 3 is 2.73 bits per heavy atom. The largest absolute Gasteiger partial charge is 0.484 e. The number of benzene rings is 2. The maximum absolute atomic E-state index is 11.8. The van der Waals surface area contributed by atoms with Crippen LogP contribution in [-0.4, -0.2) is 12.5 Å². The number of nitrogens with one attached hydrogen (secondary N) is 1. The first kappa shape index (κ1) is 16.7. The molecule has 0 unspecified atom stereocenters. The Hall–Kier alpha value is -1.71. The van der Waals surface area contributed by atoms with E-state index in [1.165, 1.54) is 5.56 Å². The number of ether oxygens (including phenoxy) is 1. The van der Waals surface area contributed by atoms with Crippen LogP contribution < -0.4 is 10.1 Å². The van der Waals surface area contributed by atoms with Gasteiger partial charge in [-0.25, -0.2) is 0 Å². The first-order valence-corrected chi connectivity index (χ1v) is 7.76. The summed E-state index contributed by atoms with van der Waals surface area (Å²) in [5.74, 6) is 0.493. The molecule has 2 aromatic carbocycles. The highest BCUT2D eigenvalue weighted by Gasteiger charge is 2.06. The highest BCUT2D eigenvalue weighted by molar-refractivity contribution is 6.35. The monoisotopic (exact) mass is 337 g/mol. The van der Waals surface area contributed by atoms with Crippen molar-refractivity contribution in [3.8, 4) is 5.75 Å². The average Bonchev–Trinajstić information content (AvgIpc) is 2.52. The van der Waals surface area contributed by atoms with E-state index in [0.29, 0.717) is 22.3 Å². The number of halogens is 2. The maximum atomic E-state index is 11.8. The van der Waals surface area contributed by atoms with Crippen LogP contribution >= 0.6 is 23.2 Å². The van der Waals surface area contributed by atoms with Gasteiger partial charge in [0.1, 0.15) is 5.75 Å². The molecule has 0 saturated heterocycles. The van der Waals surface area contributed by atoms with Crippen molar-refractivity contribution in [3.05, 3.63) is 63.6 Å². The first-order chi connectivity index (χ1) is 10.6. The predicted molar refractivity (Wildman–Crippen MR) is 89.6 cm³/mol. The van der Waals surface area contributed by atoms with Crippen molar-refractivity contribution in [1.29, 1.82) is 0 Å². The summed E-state index contributed by atoms with van der Waals surface area (Å²) < 4.78 is 5.48. The second-order valence-electron chi connectivity index (χ2n) is 4.80. The van der Waals surface area contributed by atoms with Crippen LogP contribution in [0.15, 0.2) is 42.5 Å². The highest BCUT2D eigenvalue weighted by Crippen LogP contribution is 2.20. The zero-order valence-corrected chi connectivity index (χ0v) is 13.7. The van der Waals surface area contributed by atoms with E-state index in [2.05, 4.69) is 12.2 Å². The quantitative estimate of drug-likeness (QED) is 0.855. The molecule has 0 aliphatic carbocycles. The van der Waals surface area contributed by atoms with Crippen molar-refractivity contribution in [3.63, 3.8) is 0 Å². The van der Waals surface area contributed by atoms with E-state index in [1.807, 2.05) is 24.3 Å². The Kier molecular flexibility index (Phi) is 6.10. The maximum Gasteiger partial charge on any atom is 0.258 e. The first-order valence-electron chi connectivity index (χ1n) is 7.01. The predicted octanol–water partition coefficient (Wildman–Crippen LogP) is 4.25. The molecule has 0 aromatic heterocycles. The lowest BCUT2D eigenvalue weighted by Crippen LogP contribution is -2.28. The number of hydrogen-bond donors (Lipinski definition) is 1. The van der Waals surface area contributed by atoms with Crippen LogP contribution in [0.2, 0.25) is 10.0 Å². The molecule has 3 nitrogen and oxygen atoms in total. The lowest BCUT2D eigenvalue weighted by atomic mass is 10.2. The molecule has 0 bridgehead atoms. The van der Waals surface area contributed by atoms with Gasteiger partial charge in [-0.1, -0.05) is 48.3 Å². The Morgan fingerprint density at radius 1 is 1.18 bits per heavy atom. The molecule has 0 aliphatic heterocycles. The van der Waals surface area contributed by atoms with Gasteiger partial charge in [-0.2, -0.15) is 0 Å². The summed E-state index contributed by atoms with van der Waals surface area (Å²) in [6.07, 6.45) is 0.929. The highest BCUT2D eigenvalue weighted by atomic mass is 35.5. The molecule has 0 fully saturated rings. The van der Waals surface area contributed by atoms with Crippen LogP contribution in [0.3, 0.4) is 0 Å². The summed E-state index contributed by atoms with van der Waals surface area (Å²) in [6, 6.07) is 12.9. The van der Waals surface area contributed by atoms with Gasteiger partial charge < -0.3 is 10.1 Å². The molecule has 0 radical (unpaired) electrons. The molecule has 0 saturated carbocycles. The van der Waals surface area contributed by atoms with Gasteiger partial charge in [0.25, 0.3) is 5.91 Å². The van der Waals surface area contributed by atoms with Crippen molar-refractivity contribution in [2.45, 2.75) is 19.9 Å². The van der Waals surface area contributed by atoms with Gasteiger partial charge in [0, 0.05) is 16.6 Å². The summed E-state index contributed by atoms with van der Waals surface area (Å²) in [6.45, 7) is 2.38. The average molecular weight is 338 g/mol. The topological polar surface area (TPSA) is 38.3 Å². The van der Waals surface area contributed by atoms with E-state index in [-0.39, 0.29) is 12.5 Å². The number of rotatable bonds is 6. The van der Waals surface area contributed by atoms with Crippen LogP contribution in [0.4, 0.5) is 0 Å². The molecule has 1 N–H and O–H groups in total. The Balaban J connectivity index is 1.82. The lowest BCUT2D eigenvalue weighted by Gasteiger charge is -2.09. The van der Waals surface area contributed by atoms with Crippen LogP contribution in [0, 0.1) is 0 Å². The Bertz CT molecular complexity index is 659. The van der Waals surface area contributed by atoms with Gasteiger partial charge in [0.15, 0.2) is 6.61 Å². The molecule has 0 aliphatic rings. The third kappa shape index (κ3) is 4.93. The Morgan fingerprint density at radius 2 is 2.00 bits per heavy atom. The van der Waals surface area contributed by atoms with E-state index in [4.69, 9.17) is 27.9 Å². The number of aryl methyl sites for hydroxylation is 1. The van der Waals surface area contributed by atoms with Crippen LogP contribution in [-0.2, 0) is 17.8 Å². The summed E-state index contributed by atoms with van der Waals surface area (Å²) in [5.41, 5.74) is 1.98. The third-order valence-corrected chi connectivity index (χ3v) is 3.75. The summed E-state index contributed by atoms with van der Waals surface area (Å²) in [7, 11) is 0. The van der Waals surface area contributed by atoms with Gasteiger partial charge in [0.05, 0.1) is 0 Å². The second-order valence-corrected chi connectivity index (χ2v) is 5.65. The van der Waals surface area contributed by atoms with E-state index >= 15 is 0 Å². The zero-order chi connectivity index (χ0) is 15.9. The fraction of sp³-hybridized carbons (Fsp3) is 0.235. The molecule has 116 valence electrons. The molecule has 2 rings (SSSR count). The molecule has 0 atom stereocenters. The van der Waals surface area contributed by atoms with E-state index < -0.39 is 0 Å². The van der Waals surface area contributed by atoms with Crippen LogP contribution in [0.1, 0.15) is 18.1 Å². The number of carbonyl (C=O) groups is 1. The SMILES string of the molecule is CCc1cccc(OCC(=O)NCc2ccc(Cl)cc2Cl)c1. The summed E-state index contributed by atoms with van der Waals surface area (Å²) >= 11 is 11.9. The third-order valence-electron chi connectivity index (χ3n) is 3.17. The standard InChI is InChI=1S/C17H17Cl2NO2/c1-2-12-4-3-5-15(8-12)22-11-17(21)20-10-13-6-7-14(18)9-16(13)19/h3-9H,2,10-11H2,1H3,(H,20,21). The minimum Gasteiger partial charge on any atom is -0.484 e. The minimum atomic E-state index is -0.201. The zero-order valence-electron chi connectivity index (χ0n) is 12.2. The van der Waals surface area contributed by atoms with Gasteiger partial charge >= 0.3 is 0 Å². The molecule has 0 heterocycles. The van der Waals surface area contributed by atoms with E-state index in [9.17, 15) is 4.79 Å². The lowest BCUT2D eigenvalue weighted by molar-refractivity contribution is -0.123. The molecule has 1 amide bonds. The Labute approximate surface area is 140 Å². The van der Waals surface area contributed by atoms with Crippen LogP contribution in [0.25, 0.3) is 0 Å². The second kappa shape index (κ2) is 8.06. The normalized spacial score (nSPS) is 10.3. The van der Waals surface area contributed by atoms with Gasteiger partial charge in [-0.15, -0.1) is 0 Å². The van der Waals surface area contributed by atoms with Gasteiger partial charge in [0.2, 0.25) is 0 Å². The van der Waals surface area contributed by atoms with Crippen LogP contribution in [0.5, 0.6) is 5.75 Å². The number of hydrogen-bond acceptors (Lipinski definition) is 2. The molecule has 5 heteroatoms. The summed E-state index contributed by atoms with van der Waals surface area (Å²) in [5, 5.41) is 3.87. The number of amides is 1. The van der Waals surface area contributed by atoms with Gasteiger partial charge in [-0.05, 0) is 41.8 Å². The fourth-order valence-electron chi connectivity index (χ4n) is 1.91. The van der Waals surface area contributed by atoms with Crippen molar-refractivity contribution in [1.82, 2.24) is 5.32 Å². The van der Waals surface area contributed by atoms with Crippen molar-refractivity contribution >= 4 is 29.1 Å². The van der Waals surface area contributed by atoms with Crippen molar-refractivity contribution in [2.75, 3.05) is 6.61 Å². The molecule has 2 aromatic rings. The summed E-state index contributed by atoms with van der Waals surface area (Å²) in [4.78, 5) is 11.8. The van der Waals surface area contributed by atoms with Gasteiger partial charge in [-0.3, -0.25) is 4.79 Å². The smallest absolute Gasteiger partial charge is 0.258 e. The van der Waals surface area contributed by atoms with E-state index in [0.717, 1.165) is 12.0 Å². The minimum absolute atomic E-state index is 0.0294. The molecular weight excluding hydrogens is 321 g/mol. The fourth-order valence-corrected chi connectivity index (χ4v) is 2.39.